The number of aryl methyl sites for hydroxylation is 1. The van der Waals surface area contributed by atoms with Crippen molar-refractivity contribution in [2.75, 3.05) is 6.54 Å². The van der Waals surface area contributed by atoms with Crippen LogP contribution in [0.1, 0.15) is 11.1 Å². The number of carbonyl (C=O) groups excluding carboxylic acids is 1. The summed E-state index contributed by atoms with van der Waals surface area (Å²) in [6.45, 7) is 2.32. The molecule has 2 N–H and O–H groups in total. The maximum atomic E-state index is 10.6. The van der Waals surface area contributed by atoms with Crippen LogP contribution in [0.3, 0.4) is 0 Å². The molecule has 3 nitrogen and oxygen atoms in total. The van der Waals surface area contributed by atoms with E-state index in [0.717, 1.165) is 5.56 Å². The van der Waals surface area contributed by atoms with E-state index in [1.165, 1.54) is 5.56 Å². The van der Waals surface area contributed by atoms with Gasteiger partial charge in [0.05, 0.1) is 6.54 Å². The maximum absolute atomic E-state index is 10.6. The molecule has 0 heterocycles. The van der Waals surface area contributed by atoms with Crippen molar-refractivity contribution in [3.8, 4) is 0 Å². The minimum absolute atomic E-state index is 0.0627. The highest BCUT2D eigenvalue weighted by atomic mass is 16.5. The molecule has 19 heavy (non-hydrogen) atoms. The fraction of sp³-hybridized carbons (Fsp3) is 0.188. The lowest BCUT2D eigenvalue weighted by molar-refractivity contribution is -0.143. The minimum atomic E-state index is -0.376. The van der Waals surface area contributed by atoms with E-state index in [4.69, 9.17) is 10.5 Å². The first-order valence-corrected chi connectivity index (χ1v) is 6.13. The Labute approximate surface area is 114 Å². The van der Waals surface area contributed by atoms with Crippen LogP contribution in [-0.2, 0) is 16.1 Å². The van der Waals surface area contributed by atoms with Crippen LogP contribution < -0.4 is 5.73 Å². The Kier molecular flexibility index (Phi) is 6.98. The van der Waals surface area contributed by atoms with E-state index in [-0.39, 0.29) is 12.5 Å². The SMILES string of the molecule is Cc1ccccc1.NCC(=O)OCc1ccccc1. The van der Waals surface area contributed by atoms with Crippen LogP contribution in [0.4, 0.5) is 0 Å². The summed E-state index contributed by atoms with van der Waals surface area (Å²) >= 11 is 0. The molecule has 100 valence electrons. The molecule has 2 rings (SSSR count). The summed E-state index contributed by atoms with van der Waals surface area (Å²) in [5.74, 6) is -0.376. The summed E-state index contributed by atoms with van der Waals surface area (Å²) in [5.41, 5.74) is 7.35. The number of benzene rings is 2. The monoisotopic (exact) mass is 257 g/mol. The maximum Gasteiger partial charge on any atom is 0.320 e. The number of nitrogens with two attached hydrogens (primary N) is 1. The molecule has 0 bridgehead atoms. The van der Waals surface area contributed by atoms with Gasteiger partial charge in [-0.25, -0.2) is 0 Å². The number of carbonyl (C=O) groups is 1. The second-order valence-electron chi connectivity index (χ2n) is 4.01. The third kappa shape index (κ3) is 7.01. The van der Waals surface area contributed by atoms with Gasteiger partial charge in [0, 0.05) is 0 Å². The van der Waals surface area contributed by atoms with Gasteiger partial charge in [-0.3, -0.25) is 4.79 Å². The standard InChI is InChI=1S/C9H11NO2.C7H8/c10-6-9(11)12-7-8-4-2-1-3-5-8;1-7-5-3-2-4-6-7/h1-5H,6-7,10H2;2-6H,1H3. The first-order valence-electron chi connectivity index (χ1n) is 6.13. The van der Waals surface area contributed by atoms with Gasteiger partial charge in [-0.05, 0) is 12.5 Å². The number of ether oxygens (including phenoxy) is 1. The van der Waals surface area contributed by atoms with Crippen molar-refractivity contribution in [2.45, 2.75) is 13.5 Å². The van der Waals surface area contributed by atoms with Gasteiger partial charge in [0.15, 0.2) is 0 Å². The summed E-state index contributed by atoms with van der Waals surface area (Å²) in [6, 6.07) is 19.7. The Bertz CT molecular complexity index is 469. The van der Waals surface area contributed by atoms with Crippen LogP contribution in [0, 0.1) is 6.92 Å². The van der Waals surface area contributed by atoms with Gasteiger partial charge in [0.1, 0.15) is 6.61 Å². The zero-order valence-electron chi connectivity index (χ0n) is 11.1. The lowest BCUT2D eigenvalue weighted by atomic mass is 10.2. The van der Waals surface area contributed by atoms with Gasteiger partial charge in [-0.2, -0.15) is 0 Å². The van der Waals surface area contributed by atoms with Crippen molar-refractivity contribution in [1.29, 1.82) is 0 Å². The number of rotatable bonds is 3. The van der Waals surface area contributed by atoms with Gasteiger partial charge in [0.25, 0.3) is 0 Å². The molecule has 2 aromatic rings. The molecule has 0 radical (unpaired) electrons. The topological polar surface area (TPSA) is 52.3 Å². The van der Waals surface area contributed by atoms with Gasteiger partial charge in [-0.1, -0.05) is 66.2 Å². The van der Waals surface area contributed by atoms with Crippen LogP contribution in [0.5, 0.6) is 0 Å². The number of esters is 1. The van der Waals surface area contributed by atoms with E-state index in [0.29, 0.717) is 6.61 Å². The molecule has 0 fully saturated rings. The molecule has 0 unspecified atom stereocenters. The predicted octanol–water partition coefficient (Wildman–Crippen LogP) is 2.68. The van der Waals surface area contributed by atoms with Crippen LogP contribution in [0.15, 0.2) is 60.7 Å². The predicted molar refractivity (Wildman–Crippen MR) is 76.5 cm³/mol. The zero-order chi connectivity index (χ0) is 13.9. The highest BCUT2D eigenvalue weighted by Crippen LogP contribution is 1.99. The first-order chi connectivity index (χ1) is 9.22. The van der Waals surface area contributed by atoms with E-state index in [2.05, 4.69) is 19.1 Å². The van der Waals surface area contributed by atoms with Crippen LogP contribution in [0.2, 0.25) is 0 Å². The Morgan fingerprint density at radius 2 is 1.53 bits per heavy atom. The fourth-order valence-corrected chi connectivity index (χ4v) is 1.33. The summed E-state index contributed by atoms with van der Waals surface area (Å²) in [6.07, 6.45) is 0. The van der Waals surface area contributed by atoms with Crippen molar-refractivity contribution in [1.82, 2.24) is 0 Å². The average molecular weight is 257 g/mol. The first kappa shape index (κ1) is 14.9. The Hall–Kier alpha value is -2.13. The molecule has 0 saturated carbocycles. The van der Waals surface area contributed by atoms with Gasteiger partial charge in [-0.15, -0.1) is 0 Å². The molecule has 3 heteroatoms. The van der Waals surface area contributed by atoms with Crippen molar-refractivity contribution in [3.05, 3.63) is 71.8 Å². The minimum Gasteiger partial charge on any atom is -0.460 e. The molecule has 0 aliphatic rings. The normalized spacial score (nSPS) is 9.16. The number of hydrogen-bond donors (Lipinski definition) is 1. The van der Waals surface area contributed by atoms with E-state index < -0.39 is 0 Å². The van der Waals surface area contributed by atoms with Crippen molar-refractivity contribution in [2.24, 2.45) is 5.73 Å². The molecule has 0 atom stereocenters. The average Bonchev–Trinajstić information content (AvgIpc) is 2.47. The molecule has 2 aromatic carbocycles. The quantitative estimate of drug-likeness (QED) is 0.860. The van der Waals surface area contributed by atoms with E-state index in [1.54, 1.807) is 0 Å². The molecule has 0 amide bonds. The van der Waals surface area contributed by atoms with Crippen molar-refractivity contribution >= 4 is 5.97 Å². The largest absolute Gasteiger partial charge is 0.460 e. The summed E-state index contributed by atoms with van der Waals surface area (Å²) in [4.78, 5) is 10.6. The van der Waals surface area contributed by atoms with Crippen LogP contribution >= 0.6 is 0 Å². The van der Waals surface area contributed by atoms with Gasteiger partial charge < -0.3 is 10.5 Å². The molecule has 0 saturated heterocycles. The summed E-state index contributed by atoms with van der Waals surface area (Å²) in [5, 5.41) is 0. The van der Waals surface area contributed by atoms with Gasteiger partial charge in [0.2, 0.25) is 0 Å². The Morgan fingerprint density at radius 3 is 1.95 bits per heavy atom. The third-order valence-corrected chi connectivity index (χ3v) is 2.35. The fourth-order valence-electron chi connectivity index (χ4n) is 1.33. The zero-order valence-corrected chi connectivity index (χ0v) is 11.1. The summed E-state index contributed by atoms with van der Waals surface area (Å²) in [7, 11) is 0. The molecule has 0 spiro atoms. The van der Waals surface area contributed by atoms with E-state index in [1.807, 2.05) is 48.5 Å². The molecule has 0 aliphatic heterocycles. The number of hydrogen-bond acceptors (Lipinski definition) is 3. The van der Waals surface area contributed by atoms with Crippen LogP contribution in [0.25, 0.3) is 0 Å². The third-order valence-electron chi connectivity index (χ3n) is 2.35. The second-order valence-corrected chi connectivity index (χ2v) is 4.01. The highest BCUT2D eigenvalue weighted by Gasteiger charge is 1.97. The highest BCUT2D eigenvalue weighted by molar-refractivity contribution is 5.71. The summed E-state index contributed by atoms with van der Waals surface area (Å²) < 4.78 is 4.81. The van der Waals surface area contributed by atoms with Gasteiger partial charge >= 0.3 is 5.97 Å². The Morgan fingerprint density at radius 1 is 1.00 bits per heavy atom. The van der Waals surface area contributed by atoms with Crippen LogP contribution in [-0.4, -0.2) is 12.5 Å². The molecule has 0 aliphatic carbocycles. The smallest absolute Gasteiger partial charge is 0.320 e. The lowest BCUT2D eigenvalue weighted by Crippen LogP contribution is -2.16. The molecule has 0 aromatic heterocycles. The lowest BCUT2D eigenvalue weighted by Gasteiger charge is -2.01. The van der Waals surface area contributed by atoms with E-state index >= 15 is 0 Å². The Balaban J connectivity index is 0.000000218. The molecular weight excluding hydrogens is 238 g/mol. The van der Waals surface area contributed by atoms with Crippen molar-refractivity contribution < 1.29 is 9.53 Å². The van der Waals surface area contributed by atoms with Crippen molar-refractivity contribution in [3.63, 3.8) is 0 Å². The van der Waals surface area contributed by atoms with E-state index in [9.17, 15) is 4.79 Å². The second kappa shape index (κ2) is 8.89. The molecular formula is C16H19NO2.